The molecule has 0 saturated heterocycles. The van der Waals surface area contributed by atoms with Gasteiger partial charge in [-0.1, -0.05) is 27.7 Å². The fourth-order valence-corrected chi connectivity index (χ4v) is 2.64. The highest BCUT2D eigenvalue weighted by atomic mass is 16.1. The molecule has 19 heavy (non-hydrogen) atoms. The van der Waals surface area contributed by atoms with E-state index in [1.807, 2.05) is 17.7 Å². The zero-order valence-corrected chi connectivity index (χ0v) is 12.9. The van der Waals surface area contributed by atoms with E-state index in [1.165, 1.54) is 0 Å². The van der Waals surface area contributed by atoms with Crippen LogP contribution in [0.25, 0.3) is 0 Å². The molecule has 1 atom stereocenters. The number of likely N-dealkylation sites (N-methyl/N-ethyl adjacent to an activating group) is 1. The van der Waals surface area contributed by atoms with Gasteiger partial charge in [-0.3, -0.25) is 14.4 Å². The van der Waals surface area contributed by atoms with Crippen molar-refractivity contribution in [3.8, 4) is 0 Å². The molecular formula is C15H27N3O. The van der Waals surface area contributed by atoms with Crippen molar-refractivity contribution in [3.05, 3.63) is 18.0 Å². The smallest absolute Gasteiger partial charge is 0.200 e. The molecule has 0 fully saturated rings. The van der Waals surface area contributed by atoms with Gasteiger partial charge in [-0.15, -0.1) is 0 Å². The van der Waals surface area contributed by atoms with Crippen LogP contribution in [0.3, 0.4) is 0 Å². The number of aromatic nitrogens is 2. The first kappa shape index (κ1) is 15.9. The van der Waals surface area contributed by atoms with Gasteiger partial charge < -0.3 is 0 Å². The maximum Gasteiger partial charge on any atom is 0.200 e. The molecule has 0 aliphatic heterocycles. The second-order valence-electron chi connectivity index (χ2n) is 5.07. The summed E-state index contributed by atoms with van der Waals surface area (Å²) < 4.78 is 1.83. The van der Waals surface area contributed by atoms with Crippen molar-refractivity contribution in [1.29, 1.82) is 0 Å². The normalized spacial score (nSPS) is 14.6. The molecule has 0 radical (unpaired) electrons. The lowest BCUT2D eigenvalue weighted by Crippen LogP contribution is -2.52. The molecule has 4 nitrogen and oxygen atoms in total. The number of nitrogens with zero attached hydrogens (tertiary/aromatic N) is 3. The van der Waals surface area contributed by atoms with Crippen molar-refractivity contribution in [1.82, 2.24) is 14.7 Å². The molecule has 0 spiro atoms. The van der Waals surface area contributed by atoms with Gasteiger partial charge in [-0.25, -0.2) is 0 Å². The van der Waals surface area contributed by atoms with Gasteiger partial charge in [0.15, 0.2) is 0 Å². The summed E-state index contributed by atoms with van der Waals surface area (Å²) >= 11 is 0. The summed E-state index contributed by atoms with van der Waals surface area (Å²) in [6.45, 7) is 13.0. The Kier molecular flexibility index (Phi) is 5.73. The Labute approximate surface area is 116 Å². The molecule has 0 saturated carbocycles. The average molecular weight is 265 g/mol. The van der Waals surface area contributed by atoms with Gasteiger partial charge in [0.05, 0.1) is 5.54 Å². The van der Waals surface area contributed by atoms with Crippen molar-refractivity contribution in [2.75, 3.05) is 13.1 Å². The molecule has 0 N–H and O–H groups in total. The van der Waals surface area contributed by atoms with Crippen LogP contribution in [-0.4, -0.2) is 39.1 Å². The summed E-state index contributed by atoms with van der Waals surface area (Å²) in [5.74, 6) is 0.185. The Morgan fingerprint density at radius 2 is 1.95 bits per heavy atom. The minimum absolute atomic E-state index is 0.185. The lowest BCUT2D eigenvalue weighted by Gasteiger charge is -2.38. The van der Waals surface area contributed by atoms with Crippen molar-refractivity contribution in [2.24, 2.45) is 0 Å². The van der Waals surface area contributed by atoms with E-state index in [0.29, 0.717) is 0 Å². The lowest BCUT2D eigenvalue weighted by molar-refractivity contribution is 0.0596. The van der Waals surface area contributed by atoms with Gasteiger partial charge in [0.25, 0.3) is 0 Å². The van der Waals surface area contributed by atoms with Crippen LogP contribution in [0.15, 0.2) is 12.3 Å². The van der Waals surface area contributed by atoms with E-state index >= 15 is 0 Å². The molecule has 1 unspecified atom stereocenters. The summed E-state index contributed by atoms with van der Waals surface area (Å²) in [4.78, 5) is 15.1. The molecule has 0 aromatic carbocycles. The number of rotatable bonds is 8. The summed E-state index contributed by atoms with van der Waals surface area (Å²) in [7, 11) is 0. The van der Waals surface area contributed by atoms with Crippen molar-refractivity contribution >= 4 is 5.78 Å². The fourth-order valence-electron chi connectivity index (χ4n) is 2.64. The summed E-state index contributed by atoms with van der Waals surface area (Å²) in [5, 5.41) is 4.26. The largest absolute Gasteiger partial charge is 0.291 e. The average Bonchev–Trinajstić information content (AvgIpc) is 2.87. The monoisotopic (exact) mass is 265 g/mol. The summed E-state index contributed by atoms with van der Waals surface area (Å²) in [6.07, 6.45) is 3.52. The van der Waals surface area contributed by atoms with Crippen LogP contribution in [0.4, 0.5) is 0 Å². The number of hydrogen-bond acceptors (Lipinski definition) is 3. The molecule has 0 bridgehead atoms. The third-order valence-electron chi connectivity index (χ3n) is 4.02. The van der Waals surface area contributed by atoms with E-state index in [9.17, 15) is 4.79 Å². The molecule has 0 amide bonds. The summed E-state index contributed by atoms with van der Waals surface area (Å²) in [5.41, 5.74) is 0.299. The zero-order valence-electron chi connectivity index (χ0n) is 12.9. The van der Waals surface area contributed by atoms with E-state index in [1.54, 1.807) is 6.20 Å². The van der Waals surface area contributed by atoms with Gasteiger partial charge in [0.1, 0.15) is 5.69 Å². The van der Waals surface area contributed by atoms with Gasteiger partial charge in [0, 0.05) is 12.7 Å². The second kappa shape index (κ2) is 6.85. The molecule has 0 aliphatic carbocycles. The highest BCUT2D eigenvalue weighted by Crippen LogP contribution is 2.24. The van der Waals surface area contributed by atoms with Gasteiger partial charge in [-0.05, 0) is 38.9 Å². The number of aryl methyl sites for hydroxylation is 1. The van der Waals surface area contributed by atoms with Gasteiger partial charge in [-0.2, -0.15) is 5.10 Å². The van der Waals surface area contributed by atoms with E-state index in [4.69, 9.17) is 0 Å². The number of hydrogen-bond donors (Lipinski definition) is 0. The highest BCUT2D eigenvalue weighted by molar-refractivity contribution is 6.01. The Morgan fingerprint density at radius 3 is 2.42 bits per heavy atom. The number of carbonyl (C=O) groups excluding carboxylic acids is 1. The van der Waals surface area contributed by atoms with Crippen LogP contribution in [0.1, 0.15) is 57.9 Å². The second-order valence-corrected chi connectivity index (χ2v) is 5.07. The standard InChI is InChI=1S/C15H27N3O/c1-6-12-18-13(10-11-16-18)14(19)15(5,7-2)17(8-3)9-4/h10-11H,6-9,12H2,1-5H3. The number of ketones is 1. The van der Waals surface area contributed by atoms with Crippen molar-refractivity contribution in [3.63, 3.8) is 0 Å². The Morgan fingerprint density at radius 1 is 1.32 bits per heavy atom. The first-order valence-electron chi connectivity index (χ1n) is 7.36. The molecule has 0 aliphatic rings. The predicted octanol–water partition coefficient (Wildman–Crippen LogP) is 2.99. The Hall–Kier alpha value is -1.16. The molecule has 108 valence electrons. The van der Waals surface area contributed by atoms with Crippen LogP contribution in [0.2, 0.25) is 0 Å². The first-order valence-corrected chi connectivity index (χ1v) is 7.36. The van der Waals surface area contributed by atoms with Crippen LogP contribution in [0.5, 0.6) is 0 Å². The van der Waals surface area contributed by atoms with Crippen LogP contribution in [0, 0.1) is 0 Å². The molecule has 4 heteroatoms. The minimum atomic E-state index is -0.435. The van der Waals surface area contributed by atoms with Crippen LogP contribution in [-0.2, 0) is 6.54 Å². The molecule has 1 heterocycles. The maximum absolute atomic E-state index is 12.9. The lowest BCUT2D eigenvalue weighted by atomic mass is 9.89. The Bertz CT molecular complexity index is 409. The predicted molar refractivity (Wildman–Crippen MR) is 78.5 cm³/mol. The van der Waals surface area contributed by atoms with E-state index in [2.05, 4.69) is 37.7 Å². The molecule has 1 aromatic heterocycles. The van der Waals surface area contributed by atoms with Crippen LogP contribution >= 0.6 is 0 Å². The topological polar surface area (TPSA) is 38.1 Å². The van der Waals surface area contributed by atoms with Crippen LogP contribution < -0.4 is 0 Å². The van der Waals surface area contributed by atoms with E-state index < -0.39 is 5.54 Å². The number of carbonyl (C=O) groups is 1. The maximum atomic E-state index is 12.9. The van der Waals surface area contributed by atoms with Crippen molar-refractivity contribution in [2.45, 2.75) is 59.5 Å². The first-order chi connectivity index (χ1) is 9.04. The van der Waals surface area contributed by atoms with Gasteiger partial charge in [0.2, 0.25) is 5.78 Å². The molecular weight excluding hydrogens is 238 g/mol. The fraction of sp³-hybridized carbons (Fsp3) is 0.733. The Balaban J connectivity index is 3.10. The third kappa shape index (κ3) is 3.06. The minimum Gasteiger partial charge on any atom is -0.291 e. The molecule has 1 aromatic rings. The SMILES string of the molecule is CCCn1nccc1C(=O)C(C)(CC)N(CC)CC. The number of Topliss-reactive ketones (excluding diaryl/α,β-unsaturated/α-hetero) is 1. The van der Waals surface area contributed by atoms with E-state index in [0.717, 1.165) is 38.2 Å². The highest BCUT2D eigenvalue weighted by Gasteiger charge is 2.38. The third-order valence-corrected chi connectivity index (χ3v) is 4.02. The quantitative estimate of drug-likeness (QED) is 0.678. The zero-order chi connectivity index (χ0) is 14.5. The summed E-state index contributed by atoms with van der Waals surface area (Å²) in [6, 6.07) is 1.84. The van der Waals surface area contributed by atoms with E-state index in [-0.39, 0.29) is 5.78 Å². The molecule has 1 rings (SSSR count). The van der Waals surface area contributed by atoms with Crippen molar-refractivity contribution < 1.29 is 4.79 Å². The van der Waals surface area contributed by atoms with Gasteiger partial charge >= 0.3 is 0 Å².